The maximum Gasteiger partial charge on any atom is 0.0597 e. The van der Waals surface area contributed by atoms with Gasteiger partial charge in [0.2, 0.25) is 0 Å². The van der Waals surface area contributed by atoms with Crippen molar-refractivity contribution in [1.82, 2.24) is 10.2 Å². The van der Waals surface area contributed by atoms with Crippen molar-refractivity contribution in [1.29, 1.82) is 0 Å². The van der Waals surface area contributed by atoms with Gasteiger partial charge in [-0.15, -0.1) is 0 Å². The van der Waals surface area contributed by atoms with Gasteiger partial charge in [-0.2, -0.15) is 0 Å². The molecule has 2 N–H and O–H groups in total. The van der Waals surface area contributed by atoms with Gasteiger partial charge in [-0.1, -0.05) is 20.8 Å². The van der Waals surface area contributed by atoms with Crippen LogP contribution in [0.1, 0.15) is 40.0 Å². The SMILES string of the molecule is CCCN(CC1CC1)CC(CO)NC(C)C. The molecule has 1 aliphatic carbocycles. The van der Waals surface area contributed by atoms with Crippen LogP contribution in [-0.2, 0) is 0 Å². The van der Waals surface area contributed by atoms with E-state index in [0.717, 1.165) is 19.0 Å². The second-order valence-corrected chi connectivity index (χ2v) is 5.40. The van der Waals surface area contributed by atoms with Gasteiger partial charge in [-0.25, -0.2) is 0 Å². The minimum Gasteiger partial charge on any atom is -0.395 e. The van der Waals surface area contributed by atoms with Gasteiger partial charge in [0.25, 0.3) is 0 Å². The maximum atomic E-state index is 9.35. The average molecular weight is 228 g/mol. The van der Waals surface area contributed by atoms with E-state index in [0.29, 0.717) is 6.04 Å². The number of nitrogens with zero attached hydrogens (tertiary/aromatic N) is 1. The van der Waals surface area contributed by atoms with Crippen LogP contribution in [0.4, 0.5) is 0 Å². The first-order valence-electron chi connectivity index (χ1n) is 6.75. The predicted molar refractivity (Wildman–Crippen MR) is 68.6 cm³/mol. The standard InChI is InChI=1S/C13H28N2O/c1-4-7-15(8-12-5-6-12)9-13(10-16)14-11(2)3/h11-14,16H,4-10H2,1-3H3. The summed E-state index contributed by atoms with van der Waals surface area (Å²) in [5.74, 6) is 0.935. The van der Waals surface area contributed by atoms with E-state index in [9.17, 15) is 5.11 Å². The lowest BCUT2D eigenvalue weighted by Gasteiger charge is -2.28. The van der Waals surface area contributed by atoms with Crippen LogP contribution in [0.5, 0.6) is 0 Å². The largest absolute Gasteiger partial charge is 0.395 e. The van der Waals surface area contributed by atoms with Crippen LogP contribution in [-0.4, -0.2) is 48.3 Å². The Morgan fingerprint density at radius 3 is 2.50 bits per heavy atom. The number of nitrogens with one attached hydrogen (secondary N) is 1. The third-order valence-electron chi connectivity index (χ3n) is 3.02. The molecule has 0 radical (unpaired) electrons. The summed E-state index contributed by atoms with van der Waals surface area (Å²) in [4.78, 5) is 2.51. The number of aliphatic hydroxyl groups excluding tert-OH is 1. The van der Waals surface area contributed by atoms with Crippen molar-refractivity contribution in [3.63, 3.8) is 0 Å². The van der Waals surface area contributed by atoms with Crippen LogP contribution >= 0.6 is 0 Å². The molecule has 0 amide bonds. The van der Waals surface area contributed by atoms with Crippen molar-refractivity contribution in [2.75, 3.05) is 26.2 Å². The Kier molecular flexibility index (Phi) is 6.32. The van der Waals surface area contributed by atoms with Crippen LogP contribution in [0.2, 0.25) is 0 Å². The highest BCUT2D eigenvalue weighted by Crippen LogP contribution is 2.29. The lowest BCUT2D eigenvalue weighted by atomic mass is 10.2. The Labute approximate surface area is 100 Å². The number of rotatable bonds is 9. The highest BCUT2D eigenvalue weighted by Gasteiger charge is 2.25. The molecule has 0 aliphatic heterocycles. The van der Waals surface area contributed by atoms with Gasteiger partial charge in [-0.3, -0.25) is 0 Å². The summed E-state index contributed by atoms with van der Waals surface area (Å²) in [6.45, 7) is 10.1. The van der Waals surface area contributed by atoms with E-state index in [1.165, 1.54) is 25.8 Å². The Bertz CT molecular complexity index is 181. The second-order valence-electron chi connectivity index (χ2n) is 5.40. The maximum absolute atomic E-state index is 9.35. The fourth-order valence-corrected chi connectivity index (χ4v) is 2.19. The molecule has 3 heteroatoms. The summed E-state index contributed by atoms with van der Waals surface area (Å²) in [7, 11) is 0. The third kappa shape index (κ3) is 5.83. The molecule has 0 aromatic carbocycles. The predicted octanol–water partition coefficient (Wildman–Crippen LogP) is 1.47. The molecule has 0 bridgehead atoms. The summed E-state index contributed by atoms with van der Waals surface area (Å²) >= 11 is 0. The molecule has 0 spiro atoms. The van der Waals surface area contributed by atoms with Crippen molar-refractivity contribution < 1.29 is 5.11 Å². The molecule has 1 unspecified atom stereocenters. The van der Waals surface area contributed by atoms with Gasteiger partial charge in [0.15, 0.2) is 0 Å². The Balaban J connectivity index is 2.30. The average Bonchev–Trinajstić information content (AvgIpc) is 3.00. The quantitative estimate of drug-likeness (QED) is 0.627. The summed E-state index contributed by atoms with van der Waals surface area (Å²) < 4.78 is 0. The molecular weight excluding hydrogens is 200 g/mol. The van der Waals surface area contributed by atoms with E-state index in [1.807, 2.05) is 0 Å². The van der Waals surface area contributed by atoms with Crippen LogP contribution in [0.3, 0.4) is 0 Å². The van der Waals surface area contributed by atoms with Gasteiger partial charge in [0.1, 0.15) is 0 Å². The van der Waals surface area contributed by atoms with E-state index >= 15 is 0 Å². The molecule has 0 aromatic heterocycles. The van der Waals surface area contributed by atoms with Crippen molar-refractivity contribution in [2.45, 2.75) is 52.1 Å². The summed E-state index contributed by atoms with van der Waals surface area (Å²) in [5.41, 5.74) is 0. The van der Waals surface area contributed by atoms with Gasteiger partial charge in [0.05, 0.1) is 6.61 Å². The van der Waals surface area contributed by atoms with Crippen LogP contribution in [0.25, 0.3) is 0 Å². The molecule has 96 valence electrons. The van der Waals surface area contributed by atoms with Crippen LogP contribution < -0.4 is 5.32 Å². The molecule has 1 fully saturated rings. The topological polar surface area (TPSA) is 35.5 Å². The first-order chi connectivity index (χ1) is 7.65. The number of hydrogen-bond acceptors (Lipinski definition) is 3. The Hall–Kier alpha value is -0.120. The lowest BCUT2D eigenvalue weighted by Crippen LogP contribution is -2.46. The Morgan fingerprint density at radius 2 is 2.06 bits per heavy atom. The van der Waals surface area contributed by atoms with Crippen molar-refractivity contribution in [3.8, 4) is 0 Å². The lowest BCUT2D eigenvalue weighted by molar-refractivity contribution is 0.171. The summed E-state index contributed by atoms with van der Waals surface area (Å²) in [6, 6.07) is 0.673. The van der Waals surface area contributed by atoms with Crippen LogP contribution in [0, 0.1) is 5.92 Å². The fourth-order valence-electron chi connectivity index (χ4n) is 2.19. The molecule has 16 heavy (non-hydrogen) atoms. The highest BCUT2D eigenvalue weighted by molar-refractivity contribution is 4.80. The van der Waals surface area contributed by atoms with E-state index in [4.69, 9.17) is 0 Å². The zero-order valence-electron chi connectivity index (χ0n) is 11.1. The van der Waals surface area contributed by atoms with Crippen molar-refractivity contribution in [2.24, 2.45) is 5.92 Å². The second kappa shape index (κ2) is 7.25. The fraction of sp³-hybridized carbons (Fsp3) is 1.00. The molecule has 0 aromatic rings. The summed E-state index contributed by atoms with van der Waals surface area (Å²) in [6.07, 6.45) is 4.01. The van der Waals surface area contributed by atoms with Crippen LogP contribution in [0.15, 0.2) is 0 Å². The van der Waals surface area contributed by atoms with E-state index in [2.05, 4.69) is 31.0 Å². The molecule has 0 heterocycles. The van der Waals surface area contributed by atoms with Gasteiger partial charge >= 0.3 is 0 Å². The van der Waals surface area contributed by atoms with E-state index in [-0.39, 0.29) is 12.6 Å². The molecule has 1 saturated carbocycles. The zero-order valence-corrected chi connectivity index (χ0v) is 11.1. The zero-order chi connectivity index (χ0) is 12.0. The molecule has 1 atom stereocenters. The highest BCUT2D eigenvalue weighted by atomic mass is 16.3. The van der Waals surface area contributed by atoms with Gasteiger partial charge in [-0.05, 0) is 31.7 Å². The van der Waals surface area contributed by atoms with Gasteiger partial charge < -0.3 is 15.3 Å². The number of aliphatic hydroxyl groups is 1. The normalized spacial score (nSPS) is 18.4. The minimum absolute atomic E-state index is 0.227. The monoisotopic (exact) mass is 228 g/mol. The minimum atomic E-state index is 0.227. The first kappa shape index (κ1) is 13.9. The van der Waals surface area contributed by atoms with Gasteiger partial charge in [0, 0.05) is 25.2 Å². The third-order valence-corrected chi connectivity index (χ3v) is 3.02. The first-order valence-corrected chi connectivity index (χ1v) is 6.75. The molecular formula is C13H28N2O. The van der Waals surface area contributed by atoms with Crippen molar-refractivity contribution in [3.05, 3.63) is 0 Å². The molecule has 1 rings (SSSR count). The summed E-state index contributed by atoms with van der Waals surface area (Å²) in [5, 5.41) is 12.8. The van der Waals surface area contributed by atoms with E-state index in [1.54, 1.807) is 0 Å². The van der Waals surface area contributed by atoms with E-state index < -0.39 is 0 Å². The molecule has 0 saturated heterocycles. The molecule has 1 aliphatic rings. The number of hydrogen-bond donors (Lipinski definition) is 2. The Morgan fingerprint density at radius 1 is 1.38 bits per heavy atom. The smallest absolute Gasteiger partial charge is 0.0597 e. The van der Waals surface area contributed by atoms with Crippen molar-refractivity contribution >= 4 is 0 Å². The molecule has 3 nitrogen and oxygen atoms in total.